The predicted octanol–water partition coefficient (Wildman–Crippen LogP) is 2.46. The van der Waals surface area contributed by atoms with Crippen LogP contribution in [0.15, 0.2) is 30.3 Å². The summed E-state index contributed by atoms with van der Waals surface area (Å²) in [7, 11) is 0. The van der Waals surface area contributed by atoms with E-state index in [4.69, 9.17) is 0 Å². The fourth-order valence-electron chi connectivity index (χ4n) is 3.78. The van der Waals surface area contributed by atoms with Crippen LogP contribution in [0.3, 0.4) is 0 Å². The van der Waals surface area contributed by atoms with Gasteiger partial charge >= 0.3 is 0 Å². The van der Waals surface area contributed by atoms with Gasteiger partial charge in [0.1, 0.15) is 0 Å². The Bertz CT molecular complexity index is 509. The van der Waals surface area contributed by atoms with Crippen molar-refractivity contribution in [3.05, 3.63) is 30.3 Å². The van der Waals surface area contributed by atoms with E-state index in [0.29, 0.717) is 17.9 Å². The molecular weight excluding hydrogens is 286 g/mol. The smallest absolute Gasteiger partial charge is 0.222 e. The van der Waals surface area contributed by atoms with Crippen molar-refractivity contribution in [2.24, 2.45) is 5.92 Å². The normalized spacial score (nSPS) is 23.6. The van der Waals surface area contributed by atoms with Gasteiger partial charge < -0.3 is 9.80 Å². The summed E-state index contributed by atoms with van der Waals surface area (Å²) in [6, 6.07) is 11.0. The largest absolute Gasteiger partial charge is 0.369 e. The van der Waals surface area contributed by atoms with Gasteiger partial charge in [-0.2, -0.15) is 0 Å². The number of benzene rings is 1. The van der Waals surface area contributed by atoms with Crippen LogP contribution in [0.25, 0.3) is 0 Å². The van der Waals surface area contributed by atoms with Gasteiger partial charge in [-0.05, 0) is 38.3 Å². The summed E-state index contributed by atoms with van der Waals surface area (Å²) >= 11 is 0. The van der Waals surface area contributed by atoms with E-state index in [-0.39, 0.29) is 0 Å². The van der Waals surface area contributed by atoms with E-state index in [1.165, 1.54) is 5.69 Å². The Morgan fingerprint density at radius 3 is 2.43 bits per heavy atom. The Morgan fingerprint density at radius 1 is 1.09 bits per heavy atom. The molecule has 4 nitrogen and oxygen atoms in total. The van der Waals surface area contributed by atoms with Gasteiger partial charge in [0.25, 0.3) is 0 Å². The minimum Gasteiger partial charge on any atom is -0.369 e. The number of hydrogen-bond acceptors (Lipinski definition) is 3. The third-order valence-electron chi connectivity index (χ3n) is 5.18. The maximum absolute atomic E-state index is 12.0. The molecule has 0 aliphatic carbocycles. The van der Waals surface area contributed by atoms with Crippen molar-refractivity contribution >= 4 is 11.6 Å². The monoisotopic (exact) mass is 315 g/mol. The lowest BCUT2D eigenvalue weighted by Gasteiger charge is -2.40. The van der Waals surface area contributed by atoms with E-state index in [0.717, 1.165) is 52.1 Å². The standard InChI is InChI=1S/C19H29N3O/c1-16(2)22-15-17(8-9-19(22)23)14-20-10-12-21(13-11-20)18-6-4-3-5-7-18/h3-7,16-17H,8-15H2,1-2H3. The molecule has 0 N–H and O–H groups in total. The number of piperidine rings is 1. The highest BCUT2D eigenvalue weighted by Crippen LogP contribution is 2.22. The lowest BCUT2D eigenvalue weighted by atomic mass is 9.95. The van der Waals surface area contributed by atoms with Crippen LogP contribution in [-0.4, -0.2) is 61.0 Å². The zero-order valence-corrected chi connectivity index (χ0v) is 14.4. The van der Waals surface area contributed by atoms with E-state index in [9.17, 15) is 4.79 Å². The van der Waals surface area contributed by atoms with E-state index < -0.39 is 0 Å². The molecule has 126 valence electrons. The first-order valence-corrected chi connectivity index (χ1v) is 8.95. The van der Waals surface area contributed by atoms with Crippen LogP contribution in [0.4, 0.5) is 5.69 Å². The van der Waals surface area contributed by atoms with Crippen LogP contribution >= 0.6 is 0 Å². The van der Waals surface area contributed by atoms with Crippen LogP contribution in [0, 0.1) is 5.92 Å². The maximum atomic E-state index is 12.0. The van der Waals surface area contributed by atoms with Crippen molar-refractivity contribution in [2.45, 2.75) is 32.7 Å². The van der Waals surface area contributed by atoms with Crippen molar-refractivity contribution in [2.75, 3.05) is 44.2 Å². The zero-order valence-electron chi connectivity index (χ0n) is 14.4. The van der Waals surface area contributed by atoms with Crippen molar-refractivity contribution < 1.29 is 4.79 Å². The van der Waals surface area contributed by atoms with Crippen molar-refractivity contribution in [3.63, 3.8) is 0 Å². The fourth-order valence-corrected chi connectivity index (χ4v) is 3.78. The third-order valence-corrected chi connectivity index (χ3v) is 5.18. The quantitative estimate of drug-likeness (QED) is 0.854. The number of rotatable bonds is 4. The van der Waals surface area contributed by atoms with E-state index in [1.807, 2.05) is 0 Å². The summed E-state index contributed by atoms with van der Waals surface area (Å²) in [5.41, 5.74) is 1.33. The number of carbonyl (C=O) groups excluding carboxylic acids is 1. The van der Waals surface area contributed by atoms with Crippen LogP contribution in [0.1, 0.15) is 26.7 Å². The molecule has 2 aliphatic heterocycles. The average molecular weight is 315 g/mol. The van der Waals surface area contributed by atoms with Crippen LogP contribution in [0.5, 0.6) is 0 Å². The summed E-state index contributed by atoms with van der Waals surface area (Å²) in [5, 5.41) is 0. The molecule has 2 fully saturated rings. The lowest BCUT2D eigenvalue weighted by Crippen LogP contribution is -2.51. The predicted molar refractivity (Wildman–Crippen MR) is 94.7 cm³/mol. The molecule has 1 unspecified atom stereocenters. The molecule has 3 rings (SSSR count). The minimum absolute atomic E-state index is 0.334. The Balaban J connectivity index is 1.48. The molecule has 1 amide bonds. The van der Waals surface area contributed by atoms with E-state index >= 15 is 0 Å². The Kier molecular flexibility index (Phi) is 5.21. The first-order chi connectivity index (χ1) is 11.1. The first kappa shape index (κ1) is 16.3. The molecule has 2 heterocycles. The molecule has 1 atom stereocenters. The molecule has 4 heteroatoms. The van der Waals surface area contributed by atoms with Gasteiger partial charge in [0, 0.05) is 57.4 Å². The highest BCUT2D eigenvalue weighted by Gasteiger charge is 2.29. The van der Waals surface area contributed by atoms with Crippen molar-refractivity contribution in [1.82, 2.24) is 9.80 Å². The van der Waals surface area contributed by atoms with E-state index in [1.54, 1.807) is 0 Å². The molecular formula is C19H29N3O. The Labute approximate surface area is 140 Å². The highest BCUT2D eigenvalue weighted by molar-refractivity contribution is 5.77. The fraction of sp³-hybridized carbons (Fsp3) is 0.632. The van der Waals surface area contributed by atoms with Crippen LogP contribution in [0.2, 0.25) is 0 Å². The molecule has 1 aromatic rings. The average Bonchev–Trinajstić information content (AvgIpc) is 2.58. The molecule has 0 aromatic heterocycles. The Hall–Kier alpha value is -1.55. The number of para-hydroxylation sites is 1. The Morgan fingerprint density at radius 2 is 1.78 bits per heavy atom. The summed E-state index contributed by atoms with van der Waals surface area (Å²) in [5.74, 6) is 0.975. The number of nitrogens with zero attached hydrogens (tertiary/aromatic N) is 3. The summed E-state index contributed by atoms with van der Waals surface area (Å²) < 4.78 is 0. The lowest BCUT2D eigenvalue weighted by molar-refractivity contribution is -0.136. The van der Waals surface area contributed by atoms with Gasteiger partial charge in [0.2, 0.25) is 5.91 Å². The molecule has 0 spiro atoms. The highest BCUT2D eigenvalue weighted by atomic mass is 16.2. The van der Waals surface area contributed by atoms with Crippen molar-refractivity contribution in [3.8, 4) is 0 Å². The third kappa shape index (κ3) is 4.05. The molecule has 0 saturated carbocycles. The molecule has 2 saturated heterocycles. The van der Waals surface area contributed by atoms with E-state index in [2.05, 4.69) is 58.9 Å². The van der Waals surface area contributed by atoms with Crippen LogP contribution < -0.4 is 4.90 Å². The van der Waals surface area contributed by atoms with Gasteiger partial charge in [-0.1, -0.05) is 18.2 Å². The number of carbonyl (C=O) groups is 1. The maximum Gasteiger partial charge on any atom is 0.222 e. The molecule has 1 aromatic carbocycles. The molecule has 23 heavy (non-hydrogen) atoms. The SMILES string of the molecule is CC(C)N1CC(CN2CCN(c3ccccc3)CC2)CCC1=O. The summed E-state index contributed by atoms with van der Waals surface area (Å²) in [6.45, 7) is 10.8. The van der Waals surface area contributed by atoms with Crippen LogP contribution in [-0.2, 0) is 4.79 Å². The topological polar surface area (TPSA) is 26.8 Å². The second-order valence-electron chi connectivity index (χ2n) is 7.17. The van der Waals surface area contributed by atoms with Gasteiger partial charge in [0.15, 0.2) is 0 Å². The molecule has 0 radical (unpaired) electrons. The summed E-state index contributed by atoms with van der Waals surface area (Å²) in [4.78, 5) is 19.1. The van der Waals surface area contributed by atoms with Crippen molar-refractivity contribution in [1.29, 1.82) is 0 Å². The minimum atomic E-state index is 0.334. The first-order valence-electron chi connectivity index (χ1n) is 8.95. The van der Waals surface area contributed by atoms with Gasteiger partial charge in [-0.3, -0.25) is 9.69 Å². The number of hydrogen-bond donors (Lipinski definition) is 0. The number of likely N-dealkylation sites (tertiary alicyclic amines) is 1. The summed E-state index contributed by atoms with van der Waals surface area (Å²) in [6.07, 6.45) is 1.79. The number of amides is 1. The zero-order chi connectivity index (χ0) is 16.2. The molecule has 2 aliphatic rings. The van der Waals surface area contributed by atoms with Gasteiger partial charge in [-0.25, -0.2) is 0 Å². The van der Waals surface area contributed by atoms with Gasteiger partial charge in [-0.15, -0.1) is 0 Å². The number of piperazine rings is 1. The number of anilines is 1. The second-order valence-corrected chi connectivity index (χ2v) is 7.17. The molecule has 0 bridgehead atoms. The van der Waals surface area contributed by atoms with Gasteiger partial charge in [0.05, 0.1) is 0 Å². The second kappa shape index (κ2) is 7.35.